The average Bonchev–Trinajstić information content (AvgIpc) is 2.83. The van der Waals surface area contributed by atoms with Gasteiger partial charge in [0.1, 0.15) is 0 Å². The first-order chi connectivity index (χ1) is 15.1. The Kier molecular flexibility index (Phi) is 8.70. The van der Waals surface area contributed by atoms with Crippen LogP contribution in [0, 0.1) is 11.8 Å². The molecule has 8 heteroatoms. The predicted octanol–water partition coefficient (Wildman–Crippen LogP) is 1.15. The van der Waals surface area contributed by atoms with Gasteiger partial charge in [0, 0.05) is 44.3 Å². The minimum atomic E-state index is -0.820. The van der Waals surface area contributed by atoms with E-state index in [4.69, 9.17) is 10.5 Å². The van der Waals surface area contributed by atoms with E-state index in [9.17, 15) is 14.4 Å². The molecule has 0 unspecified atom stereocenters. The van der Waals surface area contributed by atoms with E-state index in [1.54, 1.807) is 4.90 Å². The van der Waals surface area contributed by atoms with Gasteiger partial charge in [0.05, 0.1) is 6.61 Å². The fourth-order valence-corrected chi connectivity index (χ4v) is 4.25. The molecule has 1 heterocycles. The van der Waals surface area contributed by atoms with Crippen molar-refractivity contribution in [3.05, 3.63) is 30.3 Å². The summed E-state index contributed by atoms with van der Waals surface area (Å²) in [6.45, 7) is 3.60. The Morgan fingerprint density at radius 2 is 1.68 bits per heavy atom. The molecule has 2 aliphatic rings. The van der Waals surface area contributed by atoms with Crippen LogP contribution in [-0.4, -0.2) is 68.6 Å². The molecule has 3 rings (SSSR count). The van der Waals surface area contributed by atoms with Crippen molar-refractivity contribution in [2.45, 2.75) is 32.1 Å². The van der Waals surface area contributed by atoms with Crippen LogP contribution < -0.4 is 16.0 Å². The number of nitrogens with one attached hydrogen (secondary N) is 1. The predicted molar refractivity (Wildman–Crippen MR) is 118 cm³/mol. The van der Waals surface area contributed by atoms with Gasteiger partial charge in [-0.25, -0.2) is 4.79 Å². The molecule has 31 heavy (non-hydrogen) atoms. The minimum absolute atomic E-state index is 0.0569. The molecule has 2 amide bonds. The Bertz CT molecular complexity index is 726. The van der Waals surface area contributed by atoms with E-state index in [0.717, 1.165) is 31.4 Å². The number of amides is 2. The van der Waals surface area contributed by atoms with Crippen molar-refractivity contribution in [3.8, 4) is 0 Å². The highest BCUT2D eigenvalue weighted by molar-refractivity contribution is 6.32. The Morgan fingerprint density at radius 3 is 2.32 bits per heavy atom. The molecule has 0 atom stereocenters. The molecule has 1 saturated carbocycles. The number of carbonyl (C=O) groups excluding carboxylic acids is 3. The highest BCUT2D eigenvalue weighted by Crippen LogP contribution is 2.28. The zero-order valence-corrected chi connectivity index (χ0v) is 18.1. The summed E-state index contributed by atoms with van der Waals surface area (Å²) in [5.74, 6) is -0.744. The smallest absolute Gasteiger partial charge is 0.397 e. The molecule has 8 nitrogen and oxygen atoms in total. The number of rotatable bonds is 7. The summed E-state index contributed by atoms with van der Waals surface area (Å²) in [5, 5.41) is 2.91. The SMILES string of the molecule is NCC1CCC(C(=O)NCCCOC(=O)C(=O)N2CCN(c3ccccc3)CC2)CC1. The molecule has 1 saturated heterocycles. The van der Waals surface area contributed by atoms with Gasteiger partial charge < -0.3 is 25.6 Å². The Balaban J connectivity index is 1.28. The van der Waals surface area contributed by atoms with Crippen molar-refractivity contribution in [2.75, 3.05) is 50.8 Å². The number of carbonyl (C=O) groups is 3. The van der Waals surface area contributed by atoms with Gasteiger partial charge in [-0.2, -0.15) is 0 Å². The maximum Gasteiger partial charge on any atom is 0.397 e. The molecular weight excluding hydrogens is 396 g/mol. The lowest BCUT2D eigenvalue weighted by atomic mass is 9.81. The summed E-state index contributed by atoms with van der Waals surface area (Å²) in [6.07, 6.45) is 4.27. The normalized spacial score (nSPS) is 21.5. The molecule has 3 N–H and O–H groups in total. The topological polar surface area (TPSA) is 105 Å². The molecular formula is C23H34N4O4. The molecule has 0 spiro atoms. The number of ether oxygens (including phenoxy) is 1. The van der Waals surface area contributed by atoms with Gasteiger partial charge in [-0.1, -0.05) is 18.2 Å². The van der Waals surface area contributed by atoms with E-state index in [1.807, 2.05) is 30.3 Å². The van der Waals surface area contributed by atoms with E-state index in [1.165, 1.54) is 0 Å². The second-order valence-corrected chi connectivity index (χ2v) is 8.35. The van der Waals surface area contributed by atoms with Gasteiger partial charge >= 0.3 is 11.9 Å². The first-order valence-corrected chi connectivity index (χ1v) is 11.3. The number of esters is 1. The van der Waals surface area contributed by atoms with Crippen LogP contribution in [0.1, 0.15) is 32.1 Å². The second kappa shape index (κ2) is 11.7. The van der Waals surface area contributed by atoms with Gasteiger partial charge in [0.15, 0.2) is 0 Å². The quantitative estimate of drug-likeness (QED) is 0.382. The van der Waals surface area contributed by atoms with E-state index < -0.39 is 11.9 Å². The van der Waals surface area contributed by atoms with Crippen LogP contribution >= 0.6 is 0 Å². The maximum absolute atomic E-state index is 12.3. The van der Waals surface area contributed by atoms with Crippen LogP contribution in [0.2, 0.25) is 0 Å². The third-order valence-electron chi connectivity index (χ3n) is 6.27. The Hall–Kier alpha value is -2.61. The number of nitrogens with two attached hydrogens (primary N) is 1. The summed E-state index contributed by atoms with van der Waals surface area (Å²) in [6, 6.07) is 10.0. The van der Waals surface area contributed by atoms with Crippen molar-refractivity contribution in [2.24, 2.45) is 17.6 Å². The maximum atomic E-state index is 12.3. The molecule has 2 fully saturated rings. The van der Waals surface area contributed by atoms with Gasteiger partial charge in [-0.05, 0) is 56.7 Å². The largest absolute Gasteiger partial charge is 0.458 e. The number of nitrogens with zero attached hydrogens (tertiary/aromatic N) is 2. The standard InChI is InChI=1S/C23H34N4O4/c24-17-18-7-9-19(10-8-18)21(28)25-11-4-16-31-23(30)22(29)27-14-12-26(13-15-27)20-5-2-1-3-6-20/h1-3,5-6,18-19H,4,7-17,24H2,(H,25,28). The van der Waals surface area contributed by atoms with Gasteiger partial charge in [0.2, 0.25) is 5.91 Å². The van der Waals surface area contributed by atoms with E-state index >= 15 is 0 Å². The molecule has 0 radical (unpaired) electrons. The fourth-order valence-electron chi connectivity index (χ4n) is 4.25. The number of piperazine rings is 1. The van der Waals surface area contributed by atoms with Crippen molar-refractivity contribution < 1.29 is 19.1 Å². The number of hydrogen-bond acceptors (Lipinski definition) is 6. The summed E-state index contributed by atoms with van der Waals surface area (Å²) < 4.78 is 5.12. The lowest BCUT2D eigenvalue weighted by molar-refractivity contribution is -0.160. The summed E-state index contributed by atoms with van der Waals surface area (Å²) >= 11 is 0. The third kappa shape index (κ3) is 6.69. The van der Waals surface area contributed by atoms with Gasteiger partial charge in [-0.15, -0.1) is 0 Å². The monoisotopic (exact) mass is 430 g/mol. The van der Waals surface area contributed by atoms with E-state index in [0.29, 0.717) is 51.6 Å². The first kappa shape index (κ1) is 23.1. The lowest BCUT2D eigenvalue weighted by Gasteiger charge is -2.35. The lowest BCUT2D eigenvalue weighted by Crippen LogP contribution is -2.51. The van der Waals surface area contributed by atoms with E-state index in [-0.39, 0.29) is 18.4 Å². The van der Waals surface area contributed by atoms with Crippen molar-refractivity contribution >= 4 is 23.5 Å². The second-order valence-electron chi connectivity index (χ2n) is 8.35. The van der Waals surface area contributed by atoms with Crippen LogP contribution in [0.15, 0.2) is 30.3 Å². The number of anilines is 1. The highest BCUT2D eigenvalue weighted by atomic mass is 16.5. The van der Waals surface area contributed by atoms with Crippen molar-refractivity contribution in [1.82, 2.24) is 10.2 Å². The fraction of sp³-hybridized carbons (Fsp3) is 0.609. The summed E-state index contributed by atoms with van der Waals surface area (Å²) in [7, 11) is 0. The zero-order chi connectivity index (χ0) is 22.1. The molecule has 1 aliphatic heterocycles. The van der Waals surface area contributed by atoms with Crippen LogP contribution in [0.5, 0.6) is 0 Å². The summed E-state index contributed by atoms with van der Waals surface area (Å²) in [4.78, 5) is 40.4. The minimum Gasteiger partial charge on any atom is -0.458 e. The Labute approximate surface area is 184 Å². The van der Waals surface area contributed by atoms with Gasteiger partial charge in [0.25, 0.3) is 0 Å². The zero-order valence-electron chi connectivity index (χ0n) is 18.1. The molecule has 1 aromatic carbocycles. The van der Waals surface area contributed by atoms with Crippen molar-refractivity contribution in [3.63, 3.8) is 0 Å². The number of hydrogen-bond donors (Lipinski definition) is 2. The van der Waals surface area contributed by atoms with Crippen LogP contribution in [0.3, 0.4) is 0 Å². The molecule has 170 valence electrons. The van der Waals surface area contributed by atoms with E-state index in [2.05, 4.69) is 10.2 Å². The number of benzene rings is 1. The van der Waals surface area contributed by atoms with Crippen LogP contribution in [0.4, 0.5) is 5.69 Å². The van der Waals surface area contributed by atoms with Crippen LogP contribution in [-0.2, 0) is 19.1 Å². The Morgan fingerprint density at radius 1 is 1.00 bits per heavy atom. The first-order valence-electron chi connectivity index (χ1n) is 11.3. The summed E-state index contributed by atoms with van der Waals surface area (Å²) in [5.41, 5.74) is 6.81. The third-order valence-corrected chi connectivity index (χ3v) is 6.27. The highest BCUT2D eigenvalue weighted by Gasteiger charge is 2.28. The number of para-hydroxylation sites is 1. The van der Waals surface area contributed by atoms with Gasteiger partial charge in [-0.3, -0.25) is 9.59 Å². The molecule has 1 aliphatic carbocycles. The molecule has 0 aromatic heterocycles. The average molecular weight is 431 g/mol. The van der Waals surface area contributed by atoms with Crippen molar-refractivity contribution in [1.29, 1.82) is 0 Å². The molecule has 1 aromatic rings. The van der Waals surface area contributed by atoms with Crippen LogP contribution in [0.25, 0.3) is 0 Å². The molecule has 0 bridgehead atoms.